The molecule has 2 N–H and O–H groups in total. The zero-order valence-corrected chi connectivity index (χ0v) is 12.9. The SMILES string of the molecule is COC(C)(C)CNC(=O)N1CCc2ccccc2C1CO. The predicted octanol–water partition coefficient (Wildman–Crippen LogP) is 1.71. The second kappa shape index (κ2) is 6.45. The van der Waals surface area contributed by atoms with Crippen LogP contribution in [0.25, 0.3) is 0 Å². The largest absolute Gasteiger partial charge is 0.394 e. The van der Waals surface area contributed by atoms with Gasteiger partial charge in [0.25, 0.3) is 0 Å². The summed E-state index contributed by atoms with van der Waals surface area (Å²) in [7, 11) is 1.62. The summed E-state index contributed by atoms with van der Waals surface area (Å²) in [6.07, 6.45) is 0.813. The molecule has 2 amide bonds. The molecule has 5 nitrogen and oxygen atoms in total. The van der Waals surface area contributed by atoms with Gasteiger partial charge in [-0.25, -0.2) is 4.79 Å². The second-order valence-corrected chi connectivity index (χ2v) is 5.96. The Bertz CT molecular complexity index is 502. The zero-order chi connectivity index (χ0) is 15.5. The van der Waals surface area contributed by atoms with Gasteiger partial charge in [-0.2, -0.15) is 0 Å². The highest BCUT2D eigenvalue weighted by Gasteiger charge is 2.30. The van der Waals surface area contributed by atoms with Gasteiger partial charge >= 0.3 is 6.03 Å². The van der Waals surface area contributed by atoms with E-state index in [0.717, 1.165) is 12.0 Å². The number of hydrogen-bond acceptors (Lipinski definition) is 3. The van der Waals surface area contributed by atoms with Crippen LogP contribution >= 0.6 is 0 Å². The Kier molecular flexibility index (Phi) is 4.85. The van der Waals surface area contributed by atoms with E-state index in [0.29, 0.717) is 13.1 Å². The standard InChI is InChI=1S/C16H24N2O3/c1-16(2,21-3)11-17-15(20)18-9-8-12-6-4-5-7-13(12)14(18)10-19/h4-7,14,19H,8-11H2,1-3H3,(H,17,20). The number of urea groups is 1. The van der Waals surface area contributed by atoms with E-state index in [1.165, 1.54) is 5.56 Å². The van der Waals surface area contributed by atoms with Crippen LogP contribution in [0.5, 0.6) is 0 Å². The van der Waals surface area contributed by atoms with Crippen molar-refractivity contribution in [1.29, 1.82) is 0 Å². The maximum Gasteiger partial charge on any atom is 0.318 e. The van der Waals surface area contributed by atoms with Crippen LogP contribution in [0.1, 0.15) is 31.0 Å². The van der Waals surface area contributed by atoms with Gasteiger partial charge in [0.1, 0.15) is 0 Å². The molecule has 0 fully saturated rings. The van der Waals surface area contributed by atoms with Crippen LogP contribution < -0.4 is 5.32 Å². The van der Waals surface area contributed by atoms with Gasteiger partial charge in [0.05, 0.1) is 18.2 Å². The number of amides is 2. The highest BCUT2D eigenvalue weighted by atomic mass is 16.5. The summed E-state index contributed by atoms with van der Waals surface area (Å²) in [5, 5.41) is 12.6. The molecule has 1 aromatic carbocycles. The summed E-state index contributed by atoms with van der Waals surface area (Å²) in [5.41, 5.74) is 1.84. The smallest absolute Gasteiger partial charge is 0.318 e. The van der Waals surface area contributed by atoms with E-state index in [-0.39, 0.29) is 18.7 Å². The number of nitrogens with one attached hydrogen (secondary N) is 1. The van der Waals surface area contributed by atoms with Crippen LogP contribution in [0.2, 0.25) is 0 Å². The molecule has 1 aliphatic heterocycles. The first-order chi connectivity index (χ1) is 9.98. The van der Waals surface area contributed by atoms with Crippen molar-refractivity contribution in [2.24, 2.45) is 0 Å². The number of nitrogens with zero attached hydrogens (tertiary/aromatic N) is 1. The zero-order valence-electron chi connectivity index (χ0n) is 12.9. The molecule has 1 unspecified atom stereocenters. The van der Waals surface area contributed by atoms with Crippen molar-refractivity contribution in [1.82, 2.24) is 10.2 Å². The fourth-order valence-corrected chi connectivity index (χ4v) is 2.55. The number of carbonyl (C=O) groups excluding carboxylic acids is 1. The molecule has 5 heteroatoms. The monoisotopic (exact) mass is 292 g/mol. The van der Waals surface area contributed by atoms with E-state index in [4.69, 9.17) is 4.74 Å². The van der Waals surface area contributed by atoms with Crippen LogP contribution in [0.4, 0.5) is 4.79 Å². The quantitative estimate of drug-likeness (QED) is 0.888. The second-order valence-electron chi connectivity index (χ2n) is 5.96. The van der Waals surface area contributed by atoms with Crippen LogP contribution in [-0.4, -0.2) is 48.4 Å². The third-order valence-electron chi connectivity index (χ3n) is 4.06. The summed E-state index contributed by atoms with van der Waals surface area (Å²) in [4.78, 5) is 14.1. The first-order valence-electron chi connectivity index (χ1n) is 7.27. The normalized spacial score (nSPS) is 18.3. The van der Waals surface area contributed by atoms with Crippen molar-refractivity contribution in [3.8, 4) is 0 Å². The molecule has 0 saturated heterocycles. The highest BCUT2D eigenvalue weighted by molar-refractivity contribution is 5.75. The lowest BCUT2D eigenvalue weighted by Crippen LogP contribution is -2.50. The minimum Gasteiger partial charge on any atom is -0.394 e. The van der Waals surface area contributed by atoms with Crippen LogP contribution in [0.15, 0.2) is 24.3 Å². The molecule has 1 atom stereocenters. The molecule has 0 aromatic heterocycles. The lowest BCUT2D eigenvalue weighted by atomic mass is 9.93. The maximum atomic E-state index is 12.4. The average molecular weight is 292 g/mol. The fourth-order valence-electron chi connectivity index (χ4n) is 2.55. The van der Waals surface area contributed by atoms with Gasteiger partial charge in [-0.15, -0.1) is 0 Å². The maximum absolute atomic E-state index is 12.4. The summed E-state index contributed by atoms with van der Waals surface area (Å²) < 4.78 is 5.30. The van der Waals surface area contributed by atoms with Crippen LogP contribution in [0.3, 0.4) is 0 Å². The number of methoxy groups -OCH3 is 1. The topological polar surface area (TPSA) is 61.8 Å². The Labute approximate surface area is 125 Å². The molecule has 1 aromatic rings. The van der Waals surface area contributed by atoms with Gasteiger partial charge in [-0.1, -0.05) is 24.3 Å². The Morgan fingerprint density at radius 3 is 2.86 bits per heavy atom. The molecule has 116 valence electrons. The highest BCUT2D eigenvalue weighted by Crippen LogP contribution is 2.29. The van der Waals surface area contributed by atoms with Gasteiger partial charge in [-0.3, -0.25) is 0 Å². The fraction of sp³-hybridized carbons (Fsp3) is 0.562. The van der Waals surface area contributed by atoms with Crippen molar-refractivity contribution < 1.29 is 14.6 Å². The van der Waals surface area contributed by atoms with E-state index in [2.05, 4.69) is 11.4 Å². The minimum atomic E-state index is -0.405. The summed E-state index contributed by atoms with van der Waals surface area (Å²) in [6.45, 7) is 4.81. The van der Waals surface area contributed by atoms with Crippen LogP contribution in [0, 0.1) is 0 Å². The van der Waals surface area contributed by atoms with E-state index in [1.807, 2.05) is 32.0 Å². The number of carbonyl (C=O) groups is 1. The Morgan fingerprint density at radius 1 is 1.48 bits per heavy atom. The van der Waals surface area contributed by atoms with Crippen molar-refractivity contribution in [3.63, 3.8) is 0 Å². The summed E-state index contributed by atoms with van der Waals surface area (Å²) in [5.74, 6) is 0. The average Bonchev–Trinajstić information content (AvgIpc) is 2.51. The number of rotatable bonds is 4. The number of aliphatic hydroxyl groups excluding tert-OH is 1. The molecule has 2 rings (SSSR count). The predicted molar refractivity (Wildman–Crippen MR) is 81.2 cm³/mol. The number of hydrogen-bond donors (Lipinski definition) is 2. The van der Waals surface area contributed by atoms with Crippen molar-refractivity contribution in [2.45, 2.75) is 31.9 Å². The molecule has 0 radical (unpaired) electrons. The summed E-state index contributed by atoms with van der Waals surface area (Å²) in [6, 6.07) is 7.53. The number of ether oxygens (including phenoxy) is 1. The van der Waals surface area contributed by atoms with E-state index < -0.39 is 5.60 Å². The van der Waals surface area contributed by atoms with Crippen molar-refractivity contribution in [2.75, 3.05) is 26.8 Å². The molecule has 0 aliphatic carbocycles. The number of aliphatic hydroxyl groups is 1. The van der Waals surface area contributed by atoms with E-state index >= 15 is 0 Å². The van der Waals surface area contributed by atoms with Crippen molar-refractivity contribution in [3.05, 3.63) is 35.4 Å². The first kappa shape index (κ1) is 15.8. The number of fused-ring (bicyclic) bond motifs is 1. The molecular weight excluding hydrogens is 268 g/mol. The lowest BCUT2D eigenvalue weighted by molar-refractivity contribution is 0.0232. The molecule has 1 heterocycles. The first-order valence-corrected chi connectivity index (χ1v) is 7.27. The Balaban J connectivity index is 2.08. The Hall–Kier alpha value is -1.59. The molecule has 0 spiro atoms. The summed E-state index contributed by atoms with van der Waals surface area (Å²) >= 11 is 0. The van der Waals surface area contributed by atoms with Crippen molar-refractivity contribution >= 4 is 6.03 Å². The minimum absolute atomic E-state index is 0.0713. The molecule has 21 heavy (non-hydrogen) atoms. The van der Waals surface area contributed by atoms with Gasteiger partial charge in [0.2, 0.25) is 0 Å². The van der Waals surface area contributed by atoms with Gasteiger partial charge in [-0.05, 0) is 31.4 Å². The molecule has 0 saturated carbocycles. The van der Waals surface area contributed by atoms with E-state index in [9.17, 15) is 9.90 Å². The number of benzene rings is 1. The Morgan fingerprint density at radius 2 is 2.19 bits per heavy atom. The van der Waals surface area contributed by atoms with Gasteiger partial charge in [0.15, 0.2) is 0 Å². The molecular formula is C16H24N2O3. The molecule has 1 aliphatic rings. The van der Waals surface area contributed by atoms with Gasteiger partial charge in [0, 0.05) is 20.2 Å². The van der Waals surface area contributed by atoms with E-state index in [1.54, 1.807) is 12.0 Å². The van der Waals surface area contributed by atoms with Crippen LogP contribution in [-0.2, 0) is 11.2 Å². The third-order valence-corrected chi connectivity index (χ3v) is 4.06. The third kappa shape index (κ3) is 3.54. The lowest BCUT2D eigenvalue weighted by Gasteiger charge is -2.37. The van der Waals surface area contributed by atoms with Gasteiger partial charge < -0.3 is 20.1 Å². The molecule has 0 bridgehead atoms.